The average Bonchev–Trinajstić information content (AvgIpc) is 2.07. The van der Waals surface area contributed by atoms with Crippen LogP contribution in [0.5, 0.6) is 0 Å². The molecule has 0 spiro atoms. The Balaban J connectivity index is 2.07. The first-order chi connectivity index (χ1) is 6.72. The van der Waals surface area contributed by atoms with Gasteiger partial charge in [-0.25, -0.2) is 0 Å². The van der Waals surface area contributed by atoms with Crippen molar-refractivity contribution in [1.82, 2.24) is 4.90 Å². The topological polar surface area (TPSA) is 40.5 Å². The number of carboxylic acid groups (broad SMARTS) is 1. The minimum Gasteiger partial charge on any atom is -0.481 e. The molecule has 0 saturated heterocycles. The van der Waals surface area contributed by atoms with Crippen molar-refractivity contribution in [3.63, 3.8) is 0 Å². The van der Waals surface area contributed by atoms with E-state index in [9.17, 15) is 4.79 Å². The molecule has 0 heterocycles. The number of carbonyl (C=O) groups is 1. The summed E-state index contributed by atoms with van der Waals surface area (Å²) in [6.45, 7) is 5.32. The van der Waals surface area contributed by atoms with Gasteiger partial charge in [-0.15, -0.1) is 0 Å². The van der Waals surface area contributed by atoms with Crippen LogP contribution in [-0.4, -0.2) is 35.6 Å². The molecule has 3 nitrogen and oxygen atoms in total. The Morgan fingerprint density at radius 2 is 2.21 bits per heavy atom. The fourth-order valence-electron chi connectivity index (χ4n) is 1.87. The third-order valence-electron chi connectivity index (χ3n) is 3.05. The van der Waals surface area contributed by atoms with Crippen LogP contribution in [0.4, 0.5) is 0 Å². The molecule has 1 N–H and O–H groups in total. The summed E-state index contributed by atoms with van der Waals surface area (Å²) in [6.07, 6.45) is 5.22. The highest BCUT2D eigenvalue weighted by molar-refractivity contribution is 5.66. The van der Waals surface area contributed by atoms with Crippen molar-refractivity contribution in [3.8, 4) is 0 Å². The summed E-state index contributed by atoms with van der Waals surface area (Å²) in [5.41, 5.74) is 0. The Labute approximate surface area is 86.1 Å². The molecular formula is C11H21NO2. The fraction of sp³-hybridized carbons (Fsp3) is 0.909. The van der Waals surface area contributed by atoms with Crippen molar-refractivity contribution in [2.75, 3.05) is 19.6 Å². The van der Waals surface area contributed by atoms with E-state index in [0.717, 1.165) is 25.4 Å². The minimum absolute atomic E-state index is 0.307. The second-order valence-electron chi connectivity index (χ2n) is 4.19. The van der Waals surface area contributed by atoms with Crippen LogP contribution in [0.2, 0.25) is 0 Å². The molecule has 0 atom stereocenters. The van der Waals surface area contributed by atoms with Gasteiger partial charge in [-0.05, 0) is 38.3 Å². The van der Waals surface area contributed by atoms with Crippen LogP contribution in [-0.2, 0) is 4.79 Å². The molecule has 14 heavy (non-hydrogen) atoms. The molecule has 3 heteroatoms. The summed E-state index contributed by atoms with van der Waals surface area (Å²) in [7, 11) is 0. The highest BCUT2D eigenvalue weighted by atomic mass is 16.4. The van der Waals surface area contributed by atoms with Gasteiger partial charge >= 0.3 is 5.97 Å². The molecule has 0 aromatic heterocycles. The summed E-state index contributed by atoms with van der Waals surface area (Å²) in [5.74, 6) is 0.212. The van der Waals surface area contributed by atoms with Gasteiger partial charge in [0.15, 0.2) is 0 Å². The van der Waals surface area contributed by atoms with Gasteiger partial charge in [-0.1, -0.05) is 13.3 Å². The highest BCUT2D eigenvalue weighted by Gasteiger charge is 2.19. The maximum atomic E-state index is 10.3. The Morgan fingerprint density at radius 1 is 1.50 bits per heavy atom. The van der Waals surface area contributed by atoms with Crippen molar-refractivity contribution in [2.45, 2.75) is 39.0 Å². The molecule has 0 amide bonds. The third kappa shape index (κ3) is 4.09. The van der Waals surface area contributed by atoms with E-state index in [1.54, 1.807) is 0 Å². The summed E-state index contributed by atoms with van der Waals surface area (Å²) >= 11 is 0. The van der Waals surface area contributed by atoms with Crippen molar-refractivity contribution in [2.24, 2.45) is 5.92 Å². The number of nitrogens with zero attached hydrogens (tertiary/aromatic N) is 1. The SMILES string of the molecule is CCN(CCCC(=O)O)CC1CCC1. The molecule has 0 bridgehead atoms. The molecule has 82 valence electrons. The predicted octanol–water partition coefficient (Wildman–Crippen LogP) is 1.97. The molecule has 0 radical (unpaired) electrons. The van der Waals surface area contributed by atoms with Crippen LogP contribution < -0.4 is 0 Å². The minimum atomic E-state index is -0.676. The van der Waals surface area contributed by atoms with Crippen molar-refractivity contribution in [1.29, 1.82) is 0 Å². The van der Waals surface area contributed by atoms with E-state index in [1.165, 1.54) is 25.8 Å². The normalized spacial score (nSPS) is 17.0. The second-order valence-corrected chi connectivity index (χ2v) is 4.19. The standard InChI is InChI=1S/C11H21NO2/c1-2-12(8-4-7-11(13)14)9-10-5-3-6-10/h10H,2-9H2,1H3,(H,13,14). The predicted molar refractivity (Wildman–Crippen MR) is 56.3 cm³/mol. The summed E-state index contributed by atoms with van der Waals surface area (Å²) in [5, 5.41) is 8.52. The Morgan fingerprint density at radius 3 is 2.64 bits per heavy atom. The van der Waals surface area contributed by atoms with Gasteiger partial charge in [0.05, 0.1) is 0 Å². The smallest absolute Gasteiger partial charge is 0.303 e. The van der Waals surface area contributed by atoms with Gasteiger partial charge in [0, 0.05) is 13.0 Å². The molecular weight excluding hydrogens is 178 g/mol. The second kappa shape index (κ2) is 6.02. The zero-order valence-corrected chi connectivity index (χ0v) is 9.04. The Kier molecular flexibility index (Phi) is 4.94. The monoisotopic (exact) mass is 199 g/mol. The van der Waals surface area contributed by atoms with E-state index in [0.29, 0.717) is 6.42 Å². The number of hydrogen-bond acceptors (Lipinski definition) is 2. The number of carboxylic acids is 1. The largest absolute Gasteiger partial charge is 0.481 e. The number of hydrogen-bond donors (Lipinski definition) is 1. The van der Waals surface area contributed by atoms with Crippen LogP contribution >= 0.6 is 0 Å². The molecule has 0 aliphatic heterocycles. The van der Waals surface area contributed by atoms with E-state index in [1.807, 2.05) is 0 Å². The number of rotatable bonds is 7. The van der Waals surface area contributed by atoms with Crippen LogP contribution in [0.1, 0.15) is 39.0 Å². The first kappa shape index (κ1) is 11.5. The maximum Gasteiger partial charge on any atom is 0.303 e. The summed E-state index contributed by atoms with van der Waals surface area (Å²) in [6, 6.07) is 0. The quantitative estimate of drug-likeness (QED) is 0.681. The molecule has 1 saturated carbocycles. The van der Waals surface area contributed by atoms with Gasteiger partial charge < -0.3 is 10.0 Å². The Bertz CT molecular complexity index is 178. The molecule has 0 aromatic rings. The lowest BCUT2D eigenvalue weighted by molar-refractivity contribution is -0.137. The lowest BCUT2D eigenvalue weighted by atomic mass is 9.85. The van der Waals surface area contributed by atoms with E-state index >= 15 is 0 Å². The lowest BCUT2D eigenvalue weighted by Crippen LogP contribution is -2.33. The van der Waals surface area contributed by atoms with Gasteiger partial charge in [-0.3, -0.25) is 4.79 Å². The summed E-state index contributed by atoms with van der Waals surface area (Å²) < 4.78 is 0. The van der Waals surface area contributed by atoms with Crippen LogP contribution in [0, 0.1) is 5.92 Å². The maximum absolute atomic E-state index is 10.3. The van der Waals surface area contributed by atoms with Gasteiger partial charge in [0.1, 0.15) is 0 Å². The van der Waals surface area contributed by atoms with Crippen molar-refractivity contribution in [3.05, 3.63) is 0 Å². The van der Waals surface area contributed by atoms with Crippen LogP contribution in [0.15, 0.2) is 0 Å². The third-order valence-corrected chi connectivity index (χ3v) is 3.05. The summed E-state index contributed by atoms with van der Waals surface area (Å²) in [4.78, 5) is 12.7. The van der Waals surface area contributed by atoms with Crippen LogP contribution in [0.25, 0.3) is 0 Å². The molecule has 0 aromatic carbocycles. The molecule has 1 fully saturated rings. The van der Waals surface area contributed by atoms with Gasteiger partial charge in [-0.2, -0.15) is 0 Å². The zero-order chi connectivity index (χ0) is 10.4. The first-order valence-electron chi connectivity index (χ1n) is 5.66. The van der Waals surface area contributed by atoms with Crippen molar-refractivity contribution >= 4 is 5.97 Å². The molecule has 0 unspecified atom stereocenters. The van der Waals surface area contributed by atoms with Crippen LogP contribution in [0.3, 0.4) is 0 Å². The molecule has 1 aliphatic carbocycles. The van der Waals surface area contributed by atoms with E-state index in [2.05, 4.69) is 11.8 Å². The zero-order valence-electron chi connectivity index (χ0n) is 9.04. The van der Waals surface area contributed by atoms with Crippen molar-refractivity contribution < 1.29 is 9.90 Å². The van der Waals surface area contributed by atoms with E-state index in [4.69, 9.17) is 5.11 Å². The van der Waals surface area contributed by atoms with Gasteiger partial charge in [0.2, 0.25) is 0 Å². The van der Waals surface area contributed by atoms with E-state index < -0.39 is 5.97 Å². The first-order valence-corrected chi connectivity index (χ1v) is 5.66. The molecule has 1 aliphatic rings. The number of aliphatic carboxylic acids is 1. The average molecular weight is 199 g/mol. The lowest BCUT2D eigenvalue weighted by Gasteiger charge is -2.31. The highest BCUT2D eigenvalue weighted by Crippen LogP contribution is 2.26. The Hall–Kier alpha value is -0.570. The van der Waals surface area contributed by atoms with Gasteiger partial charge in [0.25, 0.3) is 0 Å². The van der Waals surface area contributed by atoms with E-state index in [-0.39, 0.29) is 0 Å². The molecule has 1 rings (SSSR count). The fourth-order valence-corrected chi connectivity index (χ4v) is 1.87.